The molecule has 0 radical (unpaired) electrons. The molecule has 1 aromatic rings. The predicted molar refractivity (Wildman–Crippen MR) is 83.6 cm³/mol. The normalized spacial score (nSPS) is 17.2. The Morgan fingerprint density at radius 2 is 2.10 bits per heavy atom. The highest BCUT2D eigenvalue weighted by molar-refractivity contribution is 5.92. The van der Waals surface area contributed by atoms with Crippen LogP contribution in [-0.4, -0.2) is 38.9 Å². The molecule has 1 unspecified atom stereocenters. The molecular formula is C16H24N2O3. The average molecular weight is 292 g/mol. The summed E-state index contributed by atoms with van der Waals surface area (Å²) >= 11 is 0. The van der Waals surface area contributed by atoms with Gasteiger partial charge < -0.3 is 20.1 Å². The monoisotopic (exact) mass is 292 g/mol. The molecule has 1 aliphatic heterocycles. The molecule has 0 spiro atoms. The van der Waals surface area contributed by atoms with E-state index < -0.39 is 0 Å². The molecule has 1 heterocycles. The highest BCUT2D eigenvalue weighted by Gasteiger charge is 2.20. The van der Waals surface area contributed by atoms with Crippen molar-refractivity contribution in [1.82, 2.24) is 0 Å². The van der Waals surface area contributed by atoms with E-state index in [0.717, 1.165) is 37.4 Å². The number of nitrogens with one attached hydrogen (secondary N) is 2. The summed E-state index contributed by atoms with van der Waals surface area (Å²) in [5.41, 5.74) is 1.80. The topological polar surface area (TPSA) is 59.6 Å². The number of hydrogen-bond donors (Lipinski definition) is 2. The fraction of sp³-hybridized carbons (Fsp3) is 0.562. The van der Waals surface area contributed by atoms with Crippen LogP contribution in [0.1, 0.15) is 19.8 Å². The van der Waals surface area contributed by atoms with Gasteiger partial charge in [0.2, 0.25) is 5.91 Å². The third-order valence-electron chi connectivity index (χ3n) is 3.79. The van der Waals surface area contributed by atoms with E-state index in [9.17, 15) is 4.79 Å². The van der Waals surface area contributed by atoms with E-state index in [-0.39, 0.29) is 12.5 Å². The number of carbonyl (C=O) groups excluding carboxylic acids is 1. The van der Waals surface area contributed by atoms with E-state index in [2.05, 4.69) is 17.6 Å². The summed E-state index contributed by atoms with van der Waals surface area (Å²) in [7, 11) is 1.51. The molecule has 1 aliphatic rings. The number of benzene rings is 1. The van der Waals surface area contributed by atoms with E-state index in [1.165, 1.54) is 7.11 Å². The van der Waals surface area contributed by atoms with Crippen molar-refractivity contribution in [2.24, 2.45) is 5.92 Å². The summed E-state index contributed by atoms with van der Waals surface area (Å²) in [5, 5.41) is 6.33. The van der Waals surface area contributed by atoms with Crippen LogP contribution in [0.4, 0.5) is 11.4 Å². The summed E-state index contributed by atoms with van der Waals surface area (Å²) in [4.78, 5) is 11.5. The maximum absolute atomic E-state index is 11.5. The fourth-order valence-corrected chi connectivity index (χ4v) is 2.61. The van der Waals surface area contributed by atoms with Crippen molar-refractivity contribution in [2.75, 3.05) is 37.6 Å². The molecule has 0 saturated carbocycles. The Hall–Kier alpha value is -1.59. The van der Waals surface area contributed by atoms with Gasteiger partial charge >= 0.3 is 0 Å². The van der Waals surface area contributed by atoms with E-state index in [4.69, 9.17) is 9.47 Å². The van der Waals surface area contributed by atoms with Gasteiger partial charge in [0.05, 0.1) is 0 Å². The molecule has 1 atom stereocenters. The molecule has 1 fully saturated rings. The van der Waals surface area contributed by atoms with Gasteiger partial charge in [-0.05, 0) is 43.9 Å². The van der Waals surface area contributed by atoms with Crippen molar-refractivity contribution in [2.45, 2.75) is 25.8 Å². The molecule has 1 saturated heterocycles. The third kappa shape index (κ3) is 5.02. The Kier molecular flexibility index (Phi) is 6.02. The standard InChI is InChI=1S/C16H24N2O3/c1-12(13-6-8-21-9-7-13)17-14-4-3-5-15(10-14)18-16(19)11-20-2/h3-5,10,12-13,17H,6-9,11H2,1-2H3,(H,18,19). The summed E-state index contributed by atoms with van der Waals surface area (Å²) in [6.07, 6.45) is 2.19. The lowest BCUT2D eigenvalue weighted by Gasteiger charge is -2.29. The van der Waals surface area contributed by atoms with Gasteiger partial charge in [0.1, 0.15) is 6.61 Å². The van der Waals surface area contributed by atoms with Crippen molar-refractivity contribution in [3.05, 3.63) is 24.3 Å². The Morgan fingerprint density at radius 3 is 2.81 bits per heavy atom. The summed E-state index contributed by atoms with van der Waals surface area (Å²) in [5.74, 6) is 0.484. The van der Waals surface area contributed by atoms with Gasteiger partial charge in [-0.1, -0.05) is 6.07 Å². The van der Waals surface area contributed by atoms with E-state index >= 15 is 0 Å². The highest BCUT2D eigenvalue weighted by Crippen LogP contribution is 2.23. The number of carbonyl (C=O) groups is 1. The lowest BCUT2D eigenvalue weighted by molar-refractivity contribution is -0.119. The molecule has 5 heteroatoms. The number of hydrogen-bond acceptors (Lipinski definition) is 4. The average Bonchev–Trinajstić information content (AvgIpc) is 2.48. The minimum atomic E-state index is -0.146. The smallest absolute Gasteiger partial charge is 0.250 e. The number of methoxy groups -OCH3 is 1. The lowest BCUT2D eigenvalue weighted by atomic mass is 9.93. The molecule has 2 N–H and O–H groups in total. The van der Waals surface area contributed by atoms with Crippen LogP contribution in [0.15, 0.2) is 24.3 Å². The van der Waals surface area contributed by atoms with E-state index in [0.29, 0.717) is 12.0 Å². The largest absolute Gasteiger partial charge is 0.382 e. The van der Waals surface area contributed by atoms with Gasteiger partial charge in [0, 0.05) is 37.7 Å². The van der Waals surface area contributed by atoms with Crippen molar-refractivity contribution in [3.63, 3.8) is 0 Å². The number of anilines is 2. The van der Waals surface area contributed by atoms with E-state index in [1.807, 2.05) is 24.3 Å². The molecule has 116 valence electrons. The van der Waals surface area contributed by atoms with Crippen LogP contribution in [-0.2, 0) is 14.3 Å². The lowest BCUT2D eigenvalue weighted by Crippen LogP contribution is -2.31. The van der Waals surface area contributed by atoms with Gasteiger partial charge in [-0.15, -0.1) is 0 Å². The first-order valence-corrected chi connectivity index (χ1v) is 7.42. The summed E-state index contributed by atoms with van der Waals surface area (Å²) < 4.78 is 10.2. The number of ether oxygens (including phenoxy) is 2. The fourth-order valence-electron chi connectivity index (χ4n) is 2.61. The Bertz CT molecular complexity index is 459. The Balaban J connectivity index is 1.92. The zero-order valence-corrected chi connectivity index (χ0v) is 12.7. The second-order valence-electron chi connectivity index (χ2n) is 5.44. The first-order chi connectivity index (χ1) is 10.2. The summed E-state index contributed by atoms with van der Waals surface area (Å²) in [6.45, 7) is 3.97. The molecule has 0 aromatic heterocycles. The molecule has 0 bridgehead atoms. The van der Waals surface area contributed by atoms with Gasteiger partial charge in [0.25, 0.3) is 0 Å². The van der Waals surface area contributed by atoms with Crippen molar-refractivity contribution >= 4 is 17.3 Å². The second kappa shape index (κ2) is 8.00. The number of rotatable bonds is 6. The maximum atomic E-state index is 11.5. The van der Waals surface area contributed by atoms with Crippen LogP contribution in [0, 0.1) is 5.92 Å². The van der Waals surface area contributed by atoms with Crippen LogP contribution in [0.25, 0.3) is 0 Å². The number of amides is 1. The van der Waals surface area contributed by atoms with Crippen LogP contribution in [0.3, 0.4) is 0 Å². The molecule has 0 aliphatic carbocycles. The Labute approximate surface area is 126 Å². The van der Waals surface area contributed by atoms with Crippen molar-refractivity contribution < 1.29 is 14.3 Å². The van der Waals surface area contributed by atoms with Crippen molar-refractivity contribution in [3.8, 4) is 0 Å². The van der Waals surface area contributed by atoms with Crippen LogP contribution in [0.5, 0.6) is 0 Å². The zero-order valence-electron chi connectivity index (χ0n) is 12.7. The quantitative estimate of drug-likeness (QED) is 0.846. The van der Waals surface area contributed by atoms with Gasteiger partial charge in [0.15, 0.2) is 0 Å². The van der Waals surface area contributed by atoms with E-state index in [1.54, 1.807) is 0 Å². The molecule has 5 nitrogen and oxygen atoms in total. The molecule has 2 rings (SSSR count). The first-order valence-electron chi connectivity index (χ1n) is 7.42. The molecule has 1 amide bonds. The van der Waals surface area contributed by atoms with Crippen LogP contribution >= 0.6 is 0 Å². The van der Waals surface area contributed by atoms with Gasteiger partial charge in [-0.25, -0.2) is 0 Å². The predicted octanol–water partition coefficient (Wildman–Crippen LogP) is 2.50. The zero-order chi connectivity index (χ0) is 15.1. The first kappa shape index (κ1) is 15.8. The Morgan fingerprint density at radius 1 is 1.38 bits per heavy atom. The summed E-state index contributed by atoms with van der Waals surface area (Å²) in [6, 6.07) is 8.16. The SMILES string of the molecule is COCC(=O)Nc1cccc(NC(C)C2CCOCC2)c1. The highest BCUT2D eigenvalue weighted by atomic mass is 16.5. The molecule has 1 aromatic carbocycles. The van der Waals surface area contributed by atoms with Crippen LogP contribution in [0.2, 0.25) is 0 Å². The minimum absolute atomic E-state index is 0.0656. The third-order valence-corrected chi connectivity index (χ3v) is 3.79. The molecular weight excluding hydrogens is 268 g/mol. The van der Waals surface area contributed by atoms with Gasteiger partial charge in [-0.3, -0.25) is 4.79 Å². The molecule has 21 heavy (non-hydrogen) atoms. The van der Waals surface area contributed by atoms with Crippen LogP contribution < -0.4 is 10.6 Å². The maximum Gasteiger partial charge on any atom is 0.250 e. The van der Waals surface area contributed by atoms with Crippen molar-refractivity contribution in [1.29, 1.82) is 0 Å². The minimum Gasteiger partial charge on any atom is -0.382 e. The second-order valence-corrected chi connectivity index (χ2v) is 5.44. The van der Waals surface area contributed by atoms with Gasteiger partial charge in [-0.2, -0.15) is 0 Å².